The molecule has 3 heterocycles. The van der Waals surface area contributed by atoms with Gasteiger partial charge in [-0.05, 0) is 11.6 Å². The second kappa shape index (κ2) is 4.66. The smallest absolute Gasteiger partial charge is 0.260 e. The molecule has 0 saturated carbocycles. The fraction of sp³-hybridized carbons (Fsp3) is 0.0909. The number of H-pyrrole nitrogens is 1. The lowest BCUT2D eigenvalue weighted by atomic mass is 10.1. The summed E-state index contributed by atoms with van der Waals surface area (Å²) in [6.07, 6.45) is 0. The fourth-order valence-electron chi connectivity index (χ4n) is 1.72. The van der Waals surface area contributed by atoms with Gasteiger partial charge >= 0.3 is 0 Å². The summed E-state index contributed by atoms with van der Waals surface area (Å²) >= 11 is 14.5. The lowest BCUT2D eigenvalue weighted by Crippen LogP contribution is -2.10. The first kappa shape index (κ1) is 12.2. The zero-order valence-electron chi connectivity index (χ0n) is 8.87. The summed E-state index contributed by atoms with van der Waals surface area (Å²) in [6, 6.07) is 1.85. The highest BCUT2D eigenvalue weighted by Crippen LogP contribution is 2.34. The van der Waals surface area contributed by atoms with E-state index >= 15 is 0 Å². The number of fused-ring (bicyclic) bond motifs is 1. The van der Waals surface area contributed by atoms with Crippen molar-refractivity contribution < 1.29 is 0 Å². The Labute approximate surface area is 120 Å². The van der Waals surface area contributed by atoms with E-state index in [1.807, 2.05) is 16.8 Å². The summed E-state index contributed by atoms with van der Waals surface area (Å²) in [5.74, 6) is 0.689. The van der Waals surface area contributed by atoms with Gasteiger partial charge in [0.25, 0.3) is 5.56 Å². The molecule has 3 rings (SSSR count). The predicted molar refractivity (Wildman–Crippen MR) is 78.1 cm³/mol. The number of thiophene rings is 2. The molecule has 92 valence electrons. The maximum absolute atomic E-state index is 12.0. The van der Waals surface area contributed by atoms with Crippen molar-refractivity contribution in [3.63, 3.8) is 0 Å². The standard InChI is InChI=1S/C11H6Cl2N2OS2/c12-2-8-14-10(16)9-6(4-18-11(9)15-8)5-1-7(13)17-3-5/h1,3-4H,2H2,(H,14,15,16). The minimum absolute atomic E-state index is 0.158. The Morgan fingerprint density at radius 3 is 2.83 bits per heavy atom. The lowest BCUT2D eigenvalue weighted by Gasteiger charge is -1.97. The Bertz CT molecular complexity index is 775. The molecule has 18 heavy (non-hydrogen) atoms. The van der Waals surface area contributed by atoms with Crippen LogP contribution in [0.1, 0.15) is 5.82 Å². The van der Waals surface area contributed by atoms with Crippen molar-refractivity contribution in [2.45, 2.75) is 5.88 Å². The average Bonchev–Trinajstić information content (AvgIpc) is 2.94. The minimum atomic E-state index is -0.158. The molecular formula is C11H6Cl2N2OS2. The van der Waals surface area contributed by atoms with E-state index in [4.69, 9.17) is 23.2 Å². The predicted octanol–water partition coefficient (Wildman–Crippen LogP) is 4.11. The maximum Gasteiger partial charge on any atom is 0.260 e. The van der Waals surface area contributed by atoms with Crippen molar-refractivity contribution >= 4 is 56.1 Å². The molecule has 1 N–H and O–H groups in total. The molecule has 7 heteroatoms. The van der Waals surface area contributed by atoms with Crippen LogP contribution in [0.3, 0.4) is 0 Å². The Morgan fingerprint density at radius 2 is 2.17 bits per heavy atom. The van der Waals surface area contributed by atoms with E-state index in [1.54, 1.807) is 0 Å². The fourth-order valence-corrected chi connectivity index (χ4v) is 3.69. The van der Waals surface area contributed by atoms with Crippen LogP contribution in [0.25, 0.3) is 21.3 Å². The SMILES string of the molecule is O=c1[nH]c(CCl)nc2scc(-c3csc(Cl)c3)c12. The zero-order valence-corrected chi connectivity index (χ0v) is 12.0. The van der Waals surface area contributed by atoms with Gasteiger partial charge in [-0.15, -0.1) is 34.3 Å². The van der Waals surface area contributed by atoms with Gasteiger partial charge < -0.3 is 4.98 Å². The summed E-state index contributed by atoms with van der Waals surface area (Å²) < 4.78 is 0.700. The van der Waals surface area contributed by atoms with Crippen LogP contribution >= 0.6 is 45.9 Å². The van der Waals surface area contributed by atoms with Crippen LogP contribution in [0.5, 0.6) is 0 Å². The first-order valence-electron chi connectivity index (χ1n) is 5.00. The normalized spacial score (nSPS) is 11.2. The van der Waals surface area contributed by atoms with Crippen LogP contribution in [-0.4, -0.2) is 9.97 Å². The quantitative estimate of drug-likeness (QED) is 0.723. The van der Waals surface area contributed by atoms with Crippen LogP contribution in [0.15, 0.2) is 21.6 Å². The van der Waals surface area contributed by atoms with E-state index in [9.17, 15) is 4.79 Å². The molecule has 0 spiro atoms. The van der Waals surface area contributed by atoms with Crippen molar-refractivity contribution in [3.8, 4) is 11.1 Å². The number of aromatic amines is 1. The molecule has 0 aliphatic heterocycles. The van der Waals surface area contributed by atoms with Crippen LogP contribution in [0.2, 0.25) is 4.34 Å². The second-order valence-electron chi connectivity index (χ2n) is 3.62. The minimum Gasteiger partial charge on any atom is -0.309 e. The molecule has 0 aromatic carbocycles. The number of nitrogens with one attached hydrogen (secondary N) is 1. The van der Waals surface area contributed by atoms with Crippen molar-refractivity contribution in [2.75, 3.05) is 0 Å². The van der Waals surface area contributed by atoms with Gasteiger partial charge in [-0.3, -0.25) is 4.79 Å². The summed E-state index contributed by atoms with van der Waals surface area (Å²) in [5, 5.41) is 4.45. The number of hydrogen-bond acceptors (Lipinski definition) is 4. The molecule has 0 aliphatic rings. The van der Waals surface area contributed by atoms with Gasteiger partial charge in [0, 0.05) is 16.3 Å². The number of aromatic nitrogens is 2. The first-order valence-corrected chi connectivity index (χ1v) is 7.67. The molecule has 0 radical (unpaired) electrons. The third kappa shape index (κ3) is 1.97. The largest absolute Gasteiger partial charge is 0.309 e. The van der Waals surface area contributed by atoms with E-state index in [0.29, 0.717) is 20.4 Å². The zero-order chi connectivity index (χ0) is 12.7. The Hall–Kier alpha value is -0.880. The first-order chi connectivity index (χ1) is 8.69. The third-order valence-electron chi connectivity index (χ3n) is 2.50. The molecule has 0 aliphatic carbocycles. The van der Waals surface area contributed by atoms with E-state index < -0.39 is 0 Å². The molecule has 0 amide bonds. The molecule has 0 unspecified atom stereocenters. The van der Waals surface area contributed by atoms with Crippen molar-refractivity contribution in [1.82, 2.24) is 9.97 Å². The number of halogens is 2. The highest BCUT2D eigenvalue weighted by atomic mass is 35.5. The van der Waals surface area contributed by atoms with Gasteiger partial charge in [0.15, 0.2) is 0 Å². The highest BCUT2D eigenvalue weighted by Gasteiger charge is 2.13. The molecule has 0 fully saturated rings. The summed E-state index contributed by atoms with van der Waals surface area (Å²) in [7, 11) is 0. The van der Waals surface area contributed by atoms with Crippen molar-refractivity contribution in [3.05, 3.63) is 37.3 Å². The molecule has 0 bridgehead atoms. The molecule has 3 nitrogen and oxygen atoms in total. The highest BCUT2D eigenvalue weighted by molar-refractivity contribution is 7.17. The monoisotopic (exact) mass is 316 g/mol. The maximum atomic E-state index is 12.0. The second-order valence-corrected chi connectivity index (χ2v) is 6.28. The van der Waals surface area contributed by atoms with Crippen molar-refractivity contribution in [2.24, 2.45) is 0 Å². The summed E-state index contributed by atoms with van der Waals surface area (Å²) in [6.45, 7) is 0. The van der Waals surface area contributed by atoms with Crippen LogP contribution < -0.4 is 5.56 Å². The molecule has 3 aromatic heterocycles. The number of nitrogens with zero attached hydrogens (tertiary/aromatic N) is 1. The molecule has 0 saturated heterocycles. The average molecular weight is 317 g/mol. The van der Waals surface area contributed by atoms with Crippen LogP contribution in [0, 0.1) is 0 Å². The Kier molecular flexibility index (Phi) is 3.15. The third-order valence-corrected chi connectivity index (χ3v) is 4.71. The van der Waals surface area contributed by atoms with E-state index in [1.165, 1.54) is 22.7 Å². The van der Waals surface area contributed by atoms with E-state index in [0.717, 1.165) is 11.1 Å². The van der Waals surface area contributed by atoms with Crippen LogP contribution in [-0.2, 0) is 5.88 Å². The summed E-state index contributed by atoms with van der Waals surface area (Å²) in [5.41, 5.74) is 1.66. The molecule has 3 aromatic rings. The van der Waals surface area contributed by atoms with E-state index in [2.05, 4.69) is 9.97 Å². The summed E-state index contributed by atoms with van der Waals surface area (Å²) in [4.78, 5) is 19.7. The van der Waals surface area contributed by atoms with Crippen LogP contribution in [0.4, 0.5) is 0 Å². The number of rotatable bonds is 2. The topological polar surface area (TPSA) is 45.8 Å². The van der Waals surface area contributed by atoms with Gasteiger partial charge in [0.2, 0.25) is 0 Å². The van der Waals surface area contributed by atoms with Gasteiger partial charge in [0.05, 0.1) is 15.6 Å². The Morgan fingerprint density at radius 1 is 1.33 bits per heavy atom. The number of alkyl halides is 1. The lowest BCUT2D eigenvalue weighted by molar-refractivity contribution is 1.04. The molecular weight excluding hydrogens is 311 g/mol. The number of hydrogen-bond donors (Lipinski definition) is 1. The van der Waals surface area contributed by atoms with E-state index in [-0.39, 0.29) is 11.4 Å². The van der Waals surface area contributed by atoms with Gasteiger partial charge in [-0.1, -0.05) is 11.6 Å². The van der Waals surface area contributed by atoms with Gasteiger partial charge in [-0.2, -0.15) is 0 Å². The Balaban J connectivity index is 2.29. The molecule has 0 atom stereocenters. The van der Waals surface area contributed by atoms with Gasteiger partial charge in [-0.25, -0.2) is 4.98 Å². The van der Waals surface area contributed by atoms with Crippen molar-refractivity contribution in [1.29, 1.82) is 0 Å². The van der Waals surface area contributed by atoms with Gasteiger partial charge in [0.1, 0.15) is 10.7 Å².